The molecule has 0 atom stereocenters. The zero-order chi connectivity index (χ0) is 21.1. The predicted molar refractivity (Wildman–Crippen MR) is 123 cm³/mol. The van der Waals surface area contributed by atoms with Crippen LogP contribution in [0, 0.1) is 0 Å². The average Bonchev–Trinajstić information content (AvgIpc) is 3.40. The van der Waals surface area contributed by atoms with E-state index in [1.165, 1.54) is 23.1 Å². The molecule has 0 saturated carbocycles. The van der Waals surface area contributed by atoms with Crippen molar-refractivity contribution in [1.29, 1.82) is 0 Å². The number of rotatable bonds is 6. The molecule has 30 heavy (non-hydrogen) atoms. The Hall–Kier alpha value is -2.03. The number of benzene rings is 1. The Kier molecular flexibility index (Phi) is 6.65. The van der Waals surface area contributed by atoms with Crippen molar-refractivity contribution in [3.8, 4) is 0 Å². The molecule has 4 rings (SSSR count). The molecule has 0 N–H and O–H groups in total. The number of hydrogen-bond donors (Lipinski definition) is 0. The second-order valence-corrected chi connectivity index (χ2v) is 9.44. The summed E-state index contributed by atoms with van der Waals surface area (Å²) in [6.07, 6.45) is 0.982. The number of carbonyl (C=O) groups excluding carboxylic acids is 2. The molecule has 1 aliphatic rings. The van der Waals surface area contributed by atoms with Gasteiger partial charge in [-0.25, -0.2) is 4.98 Å². The van der Waals surface area contributed by atoms with E-state index in [1.807, 2.05) is 45.5 Å². The molecular weight excluding hydrogens is 440 g/mol. The third-order valence-corrected chi connectivity index (χ3v) is 7.15. The molecule has 158 valence electrons. The number of halogens is 1. The summed E-state index contributed by atoms with van der Waals surface area (Å²) in [5.41, 5.74) is 1.89. The highest BCUT2D eigenvalue weighted by molar-refractivity contribution is 7.99. The molecule has 0 unspecified atom stereocenters. The zero-order valence-corrected chi connectivity index (χ0v) is 19.1. The van der Waals surface area contributed by atoms with Gasteiger partial charge in [0.25, 0.3) is 5.91 Å². The van der Waals surface area contributed by atoms with Crippen LogP contribution in [-0.4, -0.2) is 63.1 Å². The lowest BCUT2D eigenvalue weighted by Crippen LogP contribution is -2.51. The fraction of sp³-hybridized carbons (Fsp3) is 0.381. The normalized spacial score (nSPS) is 14.5. The summed E-state index contributed by atoms with van der Waals surface area (Å²) in [4.78, 5) is 34.3. The Bertz CT molecular complexity index is 1040. The van der Waals surface area contributed by atoms with Crippen LogP contribution in [0.3, 0.4) is 0 Å². The lowest BCUT2D eigenvalue weighted by atomic mass is 10.3. The van der Waals surface area contributed by atoms with E-state index in [4.69, 9.17) is 16.6 Å². The molecule has 6 nitrogen and oxygen atoms in total. The second-order valence-electron chi connectivity index (χ2n) is 7.12. The van der Waals surface area contributed by atoms with Gasteiger partial charge in [-0.3, -0.25) is 9.59 Å². The van der Waals surface area contributed by atoms with Gasteiger partial charge < -0.3 is 14.4 Å². The molecule has 0 aliphatic carbocycles. The van der Waals surface area contributed by atoms with E-state index in [-0.39, 0.29) is 11.8 Å². The summed E-state index contributed by atoms with van der Waals surface area (Å²) >= 11 is 9.03. The molecule has 0 bridgehead atoms. The van der Waals surface area contributed by atoms with Crippen molar-refractivity contribution in [2.75, 3.05) is 31.9 Å². The van der Waals surface area contributed by atoms with Crippen molar-refractivity contribution in [3.63, 3.8) is 0 Å². The van der Waals surface area contributed by atoms with Crippen LogP contribution in [0.2, 0.25) is 5.02 Å². The van der Waals surface area contributed by atoms with E-state index in [9.17, 15) is 9.59 Å². The van der Waals surface area contributed by atoms with Gasteiger partial charge in [0.05, 0.1) is 21.7 Å². The molecule has 0 spiro atoms. The number of carbonyl (C=O) groups is 2. The molecule has 0 radical (unpaired) electrons. The van der Waals surface area contributed by atoms with Crippen LogP contribution in [0.5, 0.6) is 0 Å². The molecule has 2 amide bonds. The van der Waals surface area contributed by atoms with Crippen molar-refractivity contribution in [3.05, 3.63) is 45.6 Å². The standard InChI is InChI=1S/C21H23ClN4O2S2/c1-2-7-26-17-6-5-15(22)13-16(17)23-21(26)30-14-19(27)24-8-10-25(11-9-24)20(28)18-4-3-12-29-18/h3-6,12-13H,2,7-11,14H2,1H3. The van der Waals surface area contributed by atoms with Gasteiger partial charge in [0, 0.05) is 37.7 Å². The SMILES string of the molecule is CCCn1c(SCC(=O)N2CCN(C(=O)c3cccs3)CC2)nc2cc(Cl)ccc21. The Labute approximate surface area is 188 Å². The fourth-order valence-corrected chi connectivity index (χ4v) is 5.36. The lowest BCUT2D eigenvalue weighted by molar-refractivity contribution is -0.129. The number of piperazine rings is 1. The van der Waals surface area contributed by atoms with Gasteiger partial charge >= 0.3 is 0 Å². The maximum atomic E-state index is 12.8. The summed E-state index contributed by atoms with van der Waals surface area (Å²) in [7, 11) is 0. The molecule has 3 heterocycles. The first-order valence-corrected chi connectivity index (χ1v) is 12.2. The lowest BCUT2D eigenvalue weighted by Gasteiger charge is -2.34. The number of thioether (sulfide) groups is 1. The smallest absolute Gasteiger partial charge is 0.264 e. The van der Waals surface area contributed by atoms with E-state index in [0.717, 1.165) is 34.0 Å². The van der Waals surface area contributed by atoms with Crippen LogP contribution in [0.15, 0.2) is 40.9 Å². The Morgan fingerprint density at radius 2 is 1.93 bits per heavy atom. The maximum absolute atomic E-state index is 12.8. The monoisotopic (exact) mass is 462 g/mol. The fourth-order valence-electron chi connectivity index (χ4n) is 3.56. The molecular formula is C21H23ClN4O2S2. The Morgan fingerprint density at radius 1 is 1.17 bits per heavy atom. The van der Waals surface area contributed by atoms with Gasteiger partial charge in [0.1, 0.15) is 0 Å². The highest BCUT2D eigenvalue weighted by atomic mass is 35.5. The van der Waals surface area contributed by atoms with Gasteiger partial charge in [-0.1, -0.05) is 36.4 Å². The first kappa shape index (κ1) is 21.2. The van der Waals surface area contributed by atoms with E-state index in [0.29, 0.717) is 37.0 Å². The summed E-state index contributed by atoms with van der Waals surface area (Å²) < 4.78 is 2.15. The predicted octanol–water partition coefficient (Wildman–Crippen LogP) is 4.24. The van der Waals surface area contributed by atoms with Crippen molar-refractivity contribution >= 4 is 57.5 Å². The maximum Gasteiger partial charge on any atom is 0.264 e. The van der Waals surface area contributed by atoms with Gasteiger partial charge in [-0.05, 0) is 36.1 Å². The summed E-state index contributed by atoms with van der Waals surface area (Å²) in [5.74, 6) is 0.467. The molecule has 1 aliphatic heterocycles. The average molecular weight is 463 g/mol. The number of amides is 2. The summed E-state index contributed by atoms with van der Waals surface area (Å²) in [5, 5.41) is 3.41. The van der Waals surface area contributed by atoms with E-state index < -0.39 is 0 Å². The molecule has 9 heteroatoms. The van der Waals surface area contributed by atoms with Crippen LogP contribution < -0.4 is 0 Å². The first-order valence-electron chi connectivity index (χ1n) is 9.96. The Morgan fingerprint density at radius 3 is 2.63 bits per heavy atom. The Balaban J connectivity index is 1.36. The highest BCUT2D eigenvalue weighted by Gasteiger charge is 2.25. The number of fused-ring (bicyclic) bond motifs is 1. The molecule has 2 aromatic heterocycles. The van der Waals surface area contributed by atoms with Crippen molar-refractivity contribution < 1.29 is 9.59 Å². The summed E-state index contributed by atoms with van der Waals surface area (Å²) in [6, 6.07) is 9.44. The highest BCUT2D eigenvalue weighted by Crippen LogP contribution is 2.27. The third-order valence-electron chi connectivity index (χ3n) is 5.10. The minimum Gasteiger partial charge on any atom is -0.338 e. The number of aromatic nitrogens is 2. The van der Waals surface area contributed by atoms with Gasteiger partial charge in [-0.15, -0.1) is 11.3 Å². The van der Waals surface area contributed by atoms with Crippen LogP contribution in [-0.2, 0) is 11.3 Å². The van der Waals surface area contributed by atoms with E-state index in [1.54, 1.807) is 0 Å². The molecule has 1 fully saturated rings. The summed E-state index contributed by atoms with van der Waals surface area (Å²) in [6.45, 7) is 5.24. The van der Waals surface area contributed by atoms with Crippen LogP contribution in [0.1, 0.15) is 23.0 Å². The minimum atomic E-state index is 0.0541. The first-order chi connectivity index (χ1) is 14.6. The van der Waals surface area contributed by atoms with Crippen molar-refractivity contribution in [1.82, 2.24) is 19.4 Å². The van der Waals surface area contributed by atoms with Crippen molar-refractivity contribution in [2.24, 2.45) is 0 Å². The van der Waals surface area contributed by atoms with Gasteiger partial charge in [-0.2, -0.15) is 0 Å². The molecule has 1 saturated heterocycles. The topological polar surface area (TPSA) is 58.4 Å². The van der Waals surface area contributed by atoms with Crippen LogP contribution in [0.4, 0.5) is 0 Å². The number of nitrogens with zero attached hydrogens (tertiary/aromatic N) is 4. The number of thiophene rings is 1. The number of aryl methyl sites for hydroxylation is 1. The van der Waals surface area contributed by atoms with Crippen molar-refractivity contribution in [2.45, 2.75) is 25.0 Å². The molecule has 1 aromatic carbocycles. The quantitative estimate of drug-likeness (QED) is 0.514. The van der Waals surface area contributed by atoms with E-state index >= 15 is 0 Å². The zero-order valence-electron chi connectivity index (χ0n) is 16.7. The van der Waals surface area contributed by atoms with Gasteiger partial charge in [0.2, 0.25) is 5.91 Å². The minimum absolute atomic E-state index is 0.0541. The van der Waals surface area contributed by atoms with Crippen LogP contribution >= 0.6 is 34.7 Å². The largest absolute Gasteiger partial charge is 0.338 e. The van der Waals surface area contributed by atoms with Gasteiger partial charge in [0.15, 0.2) is 5.16 Å². The third kappa shape index (κ3) is 4.50. The second kappa shape index (κ2) is 9.41. The molecule has 3 aromatic rings. The van der Waals surface area contributed by atoms with E-state index in [2.05, 4.69) is 11.5 Å². The van der Waals surface area contributed by atoms with Crippen LogP contribution in [0.25, 0.3) is 11.0 Å². The number of imidazole rings is 1. The number of hydrogen-bond acceptors (Lipinski definition) is 5.